The normalized spacial score (nSPS) is 10.7. The summed E-state index contributed by atoms with van der Waals surface area (Å²) in [6, 6.07) is 15.8. The van der Waals surface area contributed by atoms with Crippen molar-refractivity contribution in [3.63, 3.8) is 0 Å². The zero-order chi connectivity index (χ0) is 13.7. The Hall–Kier alpha value is -1.56. The van der Waals surface area contributed by atoms with Crippen molar-refractivity contribution in [2.45, 2.75) is 46.5 Å². The lowest BCUT2D eigenvalue weighted by Crippen LogP contribution is -1.94. The molecular weight excluding hydrogens is 228 g/mol. The third kappa shape index (κ3) is 3.47. The van der Waals surface area contributed by atoms with E-state index in [0.29, 0.717) is 0 Å². The van der Waals surface area contributed by atoms with Gasteiger partial charge in [-0.1, -0.05) is 74.7 Å². The first-order chi connectivity index (χ1) is 9.24. The maximum Gasteiger partial charge on any atom is -0.0181 e. The lowest BCUT2D eigenvalue weighted by atomic mass is 9.94. The van der Waals surface area contributed by atoms with Crippen LogP contribution in [0.4, 0.5) is 0 Å². The van der Waals surface area contributed by atoms with Crippen molar-refractivity contribution >= 4 is 0 Å². The van der Waals surface area contributed by atoms with Crippen LogP contribution in [0.3, 0.4) is 0 Å². The fourth-order valence-electron chi connectivity index (χ4n) is 2.57. The van der Waals surface area contributed by atoms with E-state index in [1.54, 1.807) is 0 Å². The van der Waals surface area contributed by atoms with E-state index in [2.05, 4.69) is 63.2 Å². The molecule has 0 bridgehead atoms. The van der Waals surface area contributed by atoms with Gasteiger partial charge < -0.3 is 0 Å². The van der Waals surface area contributed by atoms with Crippen LogP contribution >= 0.6 is 0 Å². The van der Waals surface area contributed by atoms with Crippen LogP contribution in [0.15, 0.2) is 42.5 Å². The molecule has 2 rings (SSSR count). The molecule has 0 radical (unpaired) electrons. The van der Waals surface area contributed by atoms with Gasteiger partial charge in [-0.15, -0.1) is 0 Å². The Morgan fingerprint density at radius 2 is 1.26 bits per heavy atom. The van der Waals surface area contributed by atoms with Crippen molar-refractivity contribution < 1.29 is 0 Å². The highest BCUT2D eigenvalue weighted by molar-refractivity contribution is 5.65. The van der Waals surface area contributed by atoms with Gasteiger partial charge in [0.25, 0.3) is 0 Å². The van der Waals surface area contributed by atoms with Gasteiger partial charge in [0.05, 0.1) is 0 Å². The topological polar surface area (TPSA) is 0 Å². The van der Waals surface area contributed by atoms with E-state index in [1.165, 1.54) is 53.5 Å². The average Bonchev–Trinajstić information content (AvgIpc) is 2.42. The minimum Gasteiger partial charge on any atom is -0.0651 e. The van der Waals surface area contributed by atoms with Gasteiger partial charge in [-0.2, -0.15) is 0 Å². The Bertz CT molecular complexity index is 520. The van der Waals surface area contributed by atoms with Crippen LogP contribution in [0.1, 0.15) is 43.4 Å². The van der Waals surface area contributed by atoms with Crippen LogP contribution in [0.5, 0.6) is 0 Å². The molecule has 0 aliphatic carbocycles. The maximum atomic E-state index is 2.39. The lowest BCUT2D eigenvalue weighted by molar-refractivity contribution is 0.861. The first-order valence-corrected chi connectivity index (χ1v) is 7.43. The van der Waals surface area contributed by atoms with E-state index >= 15 is 0 Å². The molecule has 0 N–H and O–H groups in total. The van der Waals surface area contributed by atoms with E-state index in [9.17, 15) is 0 Å². The molecule has 0 heteroatoms. The van der Waals surface area contributed by atoms with Gasteiger partial charge in [-0.25, -0.2) is 0 Å². The Morgan fingerprint density at radius 1 is 0.684 bits per heavy atom. The molecule has 0 unspecified atom stereocenters. The molecule has 0 spiro atoms. The third-order valence-corrected chi connectivity index (χ3v) is 3.63. The summed E-state index contributed by atoms with van der Waals surface area (Å²) in [7, 11) is 0. The monoisotopic (exact) mass is 252 g/mol. The summed E-state index contributed by atoms with van der Waals surface area (Å²) in [6.07, 6.45) is 4.83. The molecule has 0 heterocycles. The molecule has 0 aliphatic rings. The summed E-state index contributed by atoms with van der Waals surface area (Å²) in [6.45, 7) is 6.65. The molecule has 0 amide bonds. The van der Waals surface area contributed by atoms with E-state index in [0.717, 1.165) is 0 Å². The lowest BCUT2D eigenvalue weighted by Gasteiger charge is -2.11. The Balaban J connectivity index is 2.36. The Kier molecular flexibility index (Phi) is 4.79. The van der Waals surface area contributed by atoms with Gasteiger partial charge in [0.2, 0.25) is 0 Å². The molecule has 0 fully saturated rings. The van der Waals surface area contributed by atoms with Crippen molar-refractivity contribution in [3.05, 3.63) is 59.2 Å². The fraction of sp³-hybridized carbons (Fsp3) is 0.368. The zero-order valence-corrected chi connectivity index (χ0v) is 12.4. The summed E-state index contributed by atoms with van der Waals surface area (Å²) < 4.78 is 0. The van der Waals surface area contributed by atoms with Crippen LogP contribution in [-0.2, 0) is 12.8 Å². The number of hydrogen-bond acceptors (Lipinski definition) is 0. The highest BCUT2D eigenvalue weighted by Crippen LogP contribution is 2.24. The highest BCUT2D eigenvalue weighted by Gasteiger charge is 2.04. The van der Waals surface area contributed by atoms with E-state index in [4.69, 9.17) is 0 Å². The predicted octanol–water partition coefficient (Wildman–Crippen LogP) is 5.57. The summed E-state index contributed by atoms with van der Waals surface area (Å²) in [5.74, 6) is 0. The molecule has 0 saturated carbocycles. The number of hydrogen-bond donors (Lipinski definition) is 0. The summed E-state index contributed by atoms with van der Waals surface area (Å²) >= 11 is 0. The van der Waals surface area contributed by atoms with Gasteiger partial charge in [-0.3, -0.25) is 0 Å². The SMILES string of the molecule is CCCc1ccc(-c2ccc(C)cc2)cc1CCC. The van der Waals surface area contributed by atoms with Gasteiger partial charge >= 0.3 is 0 Å². The maximum absolute atomic E-state index is 2.39. The van der Waals surface area contributed by atoms with E-state index in [-0.39, 0.29) is 0 Å². The largest absolute Gasteiger partial charge is 0.0651 e. The minimum atomic E-state index is 1.19. The third-order valence-electron chi connectivity index (χ3n) is 3.63. The van der Waals surface area contributed by atoms with Crippen molar-refractivity contribution in [2.24, 2.45) is 0 Å². The smallest absolute Gasteiger partial charge is 0.0181 e. The molecule has 0 aromatic heterocycles. The first-order valence-electron chi connectivity index (χ1n) is 7.43. The summed E-state index contributed by atoms with van der Waals surface area (Å²) in [5.41, 5.74) is 7.05. The van der Waals surface area contributed by atoms with Crippen molar-refractivity contribution in [2.75, 3.05) is 0 Å². The summed E-state index contributed by atoms with van der Waals surface area (Å²) in [4.78, 5) is 0. The molecule has 100 valence electrons. The van der Waals surface area contributed by atoms with Crippen molar-refractivity contribution in [1.29, 1.82) is 0 Å². The molecule has 2 aromatic carbocycles. The Morgan fingerprint density at radius 3 is 1.89 bits per heavy atom. The van der Waals surface area contributed by atoms with Gasteiger partial charge in [-0.05, 0) is 42.0 Å². The Labute approximate surface area is 117 Å². The average molecular weight is 252 g/mol. The number of benzene rings is 2. The second kappa shape index (κ2) is 6.56. The fourth-order valence-corrected chi connectivity index (χ4v) is 2.57. The quantitative estimate of drug-likeness (QED) is 0.653. The van der Waals surface area contributed by atoms with Crippen LogP contribution in [-0.4, -0.2) is 0 Å². The highest BCUT2D eigenvalue weighted by atomic mass is 14.1. The van der Waals surface area contributed by atoms with Crippen molar-refractivity contribution in [3.8, 4) is 11.1 Å². The molecule has 0 atom stereocenters. The molecule has 2 aromatic rings. The van der Waals surface area contributed by atoms with Crippen LogP contribution in [0.2, 0.25) is 0 Å². The molecule has 0 saturated heterocycles. The second-order valence-corrected chi connectivity index (χ2v) is 5.35. The standard InChI is InChI=1S/C19H24/c1-4-6-16-12-13-19(14-18(16)7-5-2)17-10-8-15(3)9-11-17/h8-14H,4-7H2,1-3H3. The molecule has 0 nitrogen and oxygen atoms in total. The van der Waals surface area contributed by atoms with Crippen LogP contribution < -0.4 is 0 Å². The second-order valence-electron chi connectivity index (χ2n) is 5.35. The van der Waals surface area contributed by atoms with Gasteiger partial charge in [0.1, 0.15) is 0 Å². The molecular formula is C19H24. The number of aryl methyl sites for hydroxylation is 3. The van der Waals surface area contributed by atoms with E-state index in [1.807, 2.05) is 0 Å². The predicted molar refractivity (Wildman–Crippen MR) is 84.6 cm³/mol. The van der Waals surface area contributed by atoms with Gasteiger partial charge in [0.15, 0.2) is 0 Å². The number of rotatable bonds is 5. The van der Waals surface area contributed by atoms with Crippen LogP contribution in [0.25, 0.3) is 11.1 Å². The van der Waals surface area contributed by atoms with Crippen molar-refractivity contribution in [1.82, 2.24) is 0 Å². The minimum absolute atomic E-state index is 1.19. The first kappa shape index (κ1) is 13.9. The van der Waals surface area contributed by atoms with E-state index < -0.39 is 0 Å². The molecule has 0 aliphatic heterocycles. The zero-order valence-electron chi connectivity index (χ0n) is 12.4. The van der Waals surface area contributed by atoms with Crippen LogP contribution in [0, 0.1) is 6.92 Å². The summed E-state index contributed by atoms with van der Waals surface area (Å²) in [5, 5.41) is 0. The van der Waals surface area contributed by atoms with Gasteiger partial charge in [0, 0.05) is 0 Å². The molecule has 19 heavy (non-hydrogen) atoms.